The van der Waals surface area contributed by atoms with Gasteiger partial charge < -0.3 is 14.9 Å². The van der Waals surface area contributed by atoms with Gasteiger partial charge in [0.05, 0.1) is 22.4 Å². The van der Waals surface area contributed by atoms with Crippen molar-refractivity contribution >= 4 is 44.0 Å². The molecule has 4 heteroatoms. The van der Waals surface area contributed by atoms with E-state index in [9.17, 15) is 0 Å². The molecule has 7 aromatic rings. The van der Waals surface area contributed by atoms with Gasteiger partial charge in [0.25, 0.3) is 0 Å². The molecule has 0 bridgehead atoms. The summed E-state index contributed by atoms with van der Waals surface area (Å²) in [6.45, 7) is 0.697. The Morgan fingerprint density at radius 3 is 2.39 bits per heavy atom. The third-order valence-electron chi connectivity index (χ3n) is 6.97. The fourth-order valence-corrected chi connectivity index (χ4v) is 5.32. The largest absolute Gasteiger partial charge is 0.361 e. The van der Waals surface area contributed by atoms with Gasteiger partial charge in [-0.25, -0.2) is 0 Å². The van der Waals surface area contributed by atoms with E-state index in [1.54, 1.807) is 0 Å². The summed E-state index contributed by atoms with van der Waals surface area (Å²) in [6, 6.07) is 36.4. The Morgan fingerprint density at radius 1 is 0.611 bits per heavy atom. The molecule has 0 aliphatic heterocycles. The molecule has 0 saturated carbocycles. The number of anilines is 2. The van der Waals surface area contributed by atoms with E-state index in [4.69, 9.17) is 4.98 Å². The molecule has 0 spiro atoms. The van der Waals surface area contributed by atoms with Gasteiger partial charge in [-0.2, -0.15) is 0 Å². The lowest BCUT2D eigenvalue weighted by molar-refractivity contribution is 0.989. The van der Waals surface area contributed by atoms with Crippen molar-refractivity contribution in [2.45, 2.75) is 6.54 Å². The fraction of sp³-hybridized carbons (Fsp3) is 0.0312. The Bertz CT molecular complexity index is 1830. The molecule has 172 valence electrons. The number of aromatic nitrogens is 3. The Morgan fingerprint density at radius 2 is 1.44 bits per heavy atom. The first-order valence-electron chi connectivity index (χ1n) is 12.2. The summed E-state index contributed by atoms with van der Waals surface area (Å²) in [4.78, 5) is 14.1. The maximum Gasteiger partial charge on any atom is 0.0783 e. The fourth-order valence-electron chi connectivity index (χ4n) is 5.32. The molecule has 0 aliphatic rings. The summed E-state index contributed by atoms with van der Waals surface area (Å²) in [5.74, 6) is 0. The quantitative estimate of drug-likeness (QED) is 0.252. The smallest absolute Gasteiger partial charge is 0.0783 e. The summed E-state index contributed by atoms with van der Waals surface area (Å²) in [6.07, 6.45) is 5.87. The molecule has 36 heavy (non-hydrogen) atoms. The van der Waals surface area contributed by atoms with Gasteiger partial charge in [-0.3, -0.25) is 4.98 Å². The number of hydrogen-bond donors (Lipinski definition) is 2. The van der Waals surface area contributed by atoms with E-state index in [2.05, 4.69) is 106 Å². The van der Waals surface area contributed by atoms with Crippen LogP contribution in [0.15, 0.2) is 122 Å². The third-order valence-corrected chi connectivity index (χ3v) is 6.97. The van der Waals surface area contributed by atoms with Gasteiger partial charge in [0.15, 0.2) is 0 Å². The number of para-hydroxylation sites is 2. The van der Waals surface area contributed by atoms with Gasteiger partial charge in [-0.15, -0.1) is 0 Å². The second-order valence-electron chi connectivity index (χ2n) is 9.06. The van der Waals surface area contributed by atoms with E-state index < -0.39 is 0 Å². The molecule has 3 aromatic heterocycles. The van der Waals surface area contributed by atoms with Gasteiger partial charge in [0, 0.05) is 52.6 Å². The maximum atomic E-state index is 4.79. The minimum atomic E-state index is 0.697. The predicted octanol–water partition coefficient (Wildman–Crippen LogP) is 8.20. The van der Waals surface area contributed by atoms with Crippen LogP contribution in [0.4, 0.5) is 11.4 Å². The van der Waals surface area contributed by atoms with Crippen LogP contribution >= 0.6 is 0 Å². The molecule has 0 atom stereocenters. The highest BCUT2D eigenvalue weighted by Crippen LogP contribution is 2.39. The number of aromatic amines is 2. The lowest BCUT2D eigenvalue weighted by Crippen LogP contribution is -2.18. The molecule has 0 saturated heterocycles. The topological polar surface area (TPSA) is 47.7 Å². The van der Waals surface area contributed by atoms with Gasteiger partial charge in [0.1, 0.15) is 0 Å². The molecule has 2 N–H and O–H groups in total. The van der Waals surface area contributed by atoms with Crippen LogP contribution in [0.5, 0.6) is 0 Å². The van der Waals surface area contributed by atoms with Crippen molar-refractivity contribution in [1.29, 1.82) is 0 Å². The number of fused-ring (bicyclic) bond motifs is 4. The first-order chi connectivity index (χ1) is 17.9. The highest BCUT2D eigenvalue weighted by Gasteiger charge is 2.19. The van der Waals surface area contributed by atoms with Crippen LogP contribution < -0.4 is 4.90 Å². The molecule has 0 unspecified atom stereocenters. The standard InChI is InChI=1S/C32H24N4/c1-2-13-28(26(11-1)27-12-6-18-33-27)36(29-14-4-8-24-17-20-35-31(24)29)21-25-9-3-7-22-15-16-23-10-5-19-34-32(23)30(22)25/h1-20,33,35H,21H2. The minimum Gasteiger partial charge on any atom is -0.361 e. The van der Waals surface area contributed by atoms with Crippen molar-refractivity contribution in [3.05, 3.63) is 127 Å². The van der Waals surface area contributed by atoms with Crippen LogP contribution in [0.1, 0.15) is 5.56 Å². The van der Waals surface area contributed by atoms with E-state index in [0.717, 1.165) is 39.1 Å². The summed E-state index contributed by atoms with van der Waals surface area (Å²) in [7, 11) is 0. The molecule has 4 nitrogen and oxygen atoms in total. The highest BCUT2D eigenvalue weighted by atomic mass is 15.1. The second-order valence-corrected chi connectivity index (χ2v) is 9.06. The first-order valence-corrected chi connectivity index (χ1v) is 12.2. The van der Waals surface area contributed by atoms with Crippen molar-refractivity contribution < 1.29 is 0 Å². The maximum absolute atomic E-state index is 4.79. The first kappa shape index (κ1) is 20.5. The highest BCUT2D eigenvalue weighted by molar-refractivity contribution is 6.07. The number of benzene rings is 4. The predicted molar refractivity (Wildman–Crippen MR) is 150 cm³/mol. The Hall–Kier alpha value is -4.83. The second kappa shape index (κ2) is 8.43. The zero-order chi connectivity index (χ0) is 23.9. The van der Waals surface area contributed by atoms with Crippen LogP contribution in [0, 0.1) is 0 Å². The zero-order valence-corrected chi connectivity index (χ0v) is 19.6. The molecule has 0 amide bonds. The molecule has 3 heterocycles. The van der Waals surface area contributed by atoms with E-state index in [-0.39, 0.29) is 0 Å². The van der Waals surface area contributed by atoms with Crippen LogP contribution in [0.3, 0.4) is 0 Å². The average Bonchev–Trinajstić information content (AvgIpc) is 3.64. The van der Waals surface area contributed by atoms with E-state index in [1.807, 2.05) is 30.7 Å². The zero-order valence-electron chi connectivity index (χ0n) is 19.6. The number of H-pyrrole nitrogens is 2. The number of nitrogens with one attached hydrogen (secondary N) is 2. The molecule has 7 rings (SSSR count). The van der Waals surface area contributed by atoms with Gasteiger partial charge >= 0.3 is 0 Å². The molecular formula is C32H24N4. The van der Waals surface area contributed by atoms with Crippen molar-refractivity contribution in [2.75, 3.05) is 4.90 Å². The minimum absolute atomic E-state index is 0.697. The SMILES string of the molecule is c1c[nH]c(-c2ccccc2N(Cc2cccc3ccc4cccnc4c23)c2cccc3cc[nH]c23)c1. The molecular weight excluding hydrogens is 440 g/mol. The number of nitrogens with zero attached hydrogens (tertiary/aromatic N) is 2. The Kier molecular flexibility index (Phi) is 4.81. The summed E-state index contributed by atoms with van der Waals surface area (Å²) < 4.78 is 0. The summed E-state index contributed by atoms with van der Waals surface area (Å²) in [5, 5.41) is 4.76. The lowest BCUT2D eigenvalue weighted by Gasteiger charge is -2.28. The van der Waals surface area contributed by atoms with Gasteiger partial charge in [-0.1, -0.05) is 66.7 Å². The van der Waals surface area contributed by atoms with E-state index in [0.29, 0.717) is 6.54 Å². The van der Waals surface area contributed by atoms with E-state index >= 15 is 0 Å². The molecule has 0 aliphatic carbocycles. The number of hydrogen-bond acceptors (Lipinski definition) is 2. The third kappa shape index (κ3) is 3.35. The molecule has 0 fully saturated rings. The molecule has 0 radical (unpaired) electrons. The summed E-state index contributed by atoms with van der Waals surface area (Å²) in [5.41, 5.74) is 7.95. The summed E-state index contributed by atoms with van der Waals surface area (Å²) >= 11 is 0. The normalized spacial score (nSPS) is 11.4. The van der Waals surface area contributed by atoms with Crippen LogP contribution in [0.2, 0.25) is 0 Å². The Balaban J connectivity index is 1.49. The van der Waals surface area contributed by atoms with Gasteiger partial charge in [0.2, 0.25) is 0 Å². The van der Waals surface area contributed by atoms with Crippen molar-refractivity contribution in [3.8, 4) is 11.3 Å². The number of rotatable bonds is 5. The van der Waals surface area contributed by atoms with Crippen LogP contribution in [-0.4, -0.2) is 15.0 Å². The van der Waals surface area contributed by atoms with E-state index in [1.165, 1.54) is 21.7 Å². The van der Waals surface area contributed by atoms with Crippen LogP contribution in [-0.2, 0) is 6.54 Å². The Labute approximate surface area is 208 Å². The van der Waals surface area contributed by atoms with Crippen molar-refractivity contribution in [2.24, 2.45) is 0 Å². The van der Waals surface area contributed by atoms with Crippen molar-refractivity contribution in [1.82, 2.24) is 15.0 Å². The van der Waals surface area contributed by atoms with Gasteiger partial charge in [-0.05, 0) is 47.3 Å². The number of pyridine rings is 1. The van der Waals surface area contributed by atoms with Crippen molar-refractivity contribution in [3.63, 3.8) is 0 Å². The van der Waals surface area contributed by atoms with Crippen LogP contribution in [0.25, 0.3) is 43.8 Å². The average molecular weight is 465 g/mol. The lowest BCUT2D eigenvalue weighted by atomic mass is 9.99. The monoisotopic (exact) mass is 464 g/mol. The molecule has 4 aromatic carbocycles.